The zero-order valence-electron chi connectivity index (χ0n) is 19.5. The van der Waals surface area contributed by atoms with Crippen LogP contribution >= 0.6 is 0 Å². The average molecular weight is 406 g/mol. The molecular formula is C26H47NO2. The second kappa shape index (κ2) is 17.6. The van der Waals surface area contributed by atoms with Gasteiger partial charge in [0.15, 0.2) is 11.5 Å². The standard InChI is InChI=1S/C26H47NO2/c1-4-5-6-7-8-9-10-11-12-13-14-15-16-17-20-29-25-19-18-24(21-23(2)27)22-26(25)28-3/h18-19,22-23H,4-17,20-21,27H2,1-3H3. The van der Waals surface area contributed by atoms with Gasteiger partial charge in [0.1, 0.15) is 0 Å². The smallest absolute Gasteiger partial charge is 0.161 e. The Morgan fingerprint density at radius 2 is 1.28 bits per heavy atom. The van der Waals surface area contributed by atoms with Gasteiger partial charge in [-0.3, -0.25) is 0 Å². The van der Waals surface area contributed by atoms with Crippen molar-refractivity contribution in [3.05, 3.63) is 23.8 Å². The van der Waals surface area contributed by atoms with Crippen LogP contribution in [-0.2, 0) is 6.42 Å². The van der Waals surface area contributed by atoms with Crippen molar-refractivity contribution in [2.45, 2.75) is 116 Å². The summed E-state index contributed by atoms with van der Waals surface area (Å²) < 4.78 is 11.4. The minimum absolute atomic E-state index is 0.155. The van der Waals surface area contributed by atoms with E-state index in [1.165, 1.54) is 89.0 Å². The maximum absolute atomic E-state index is 5.94. The summed E-state index contributed by atoms with van der Waals surface area (Å²) in [6, 6.07) is 6.30. The van der Waals surface area contributed by atoms with Crippen molar-refractivity contribution in [3.63, 3.8) is 0 Å². The fourth-order valence-electron chi connectivity index (χ4n) is 3.81. The highest BCUT2D eigenvalue weighted by Crippen LogP contribution is 2.28. The van der Waals surface area contributed by atoms with Gasteiger partial charge < -0.3 is 15.2 Å². The normalized spacial score (nSPS) is 12.1. The zero-order valence-corrected chi connectivity index (χ0v) is 19.5. The number of rotatable bonds is 19. The largest absolute Gasteiger partial charge is 0.493 e. The minimum Gasteiger partial charge on any atom is -0.493 e. The van der Waals surface area contributed by atoms with E-state index in [1.54, 1.807) is 7.11 Å². The molecule has 1 rings (SSSR count). The van der Waals surface area contributed by atoms with Crippen molar-refractivity contribution >= 4 is 0 Å². The molecule has 2 N–H and O–H groups in total. The zero-order chi connectivity index (χ0) is 21.2. The van der Waals surface area contributed by atoms with Crippen LogP contribution in [0.25, 0.3) is 0 Å². The van der Waals surface area contributed by atoms with Crippen molar-refractivity contribution in [1.29, 1.82) is 0 Å². The van der Waals surface area contributed by atoms with E-state index in [1.807, 2.05) is 19.1 Å². The Morgan fingerprint density at radius 1 is 0.759 bits per heavy atom. The molecule has 3 heteroatoms. The number of ether oxygens (including phenoxy) is 2. The highest BCUT2D eigenvalue weighted by molar-refractivity contribution is 5.43. The van der Waals surface area contributed by atoms with Gasteiger partial charge in [-0.25, -0.2) is 0 Å². The Hall–Kier alpha value is -1.22. The van der Waals surface area contributed by atoms with Gasteiger partial charge in [-0.15, -0.1) is 0 Å². The SMILES string of the molecule is CCCCCCCCCCCCCCCCOc1ccc(CC(C)N)cc1OC. The van der Waals surface area contributed by atoms with Gasteiger partial charge in [0.25, 0.3) is 0 Å². The molecule has 0 aliphatic rings. The molecule has 0 bridgehead atoms. The molecular weight excluding hydrogens is 358 g/mol. The number of hydrogen-bond acceptors (Lipinski definition) is 3. The molecule has 0 amide bonds. The number of hydrogen-bond donors (Lipinski definition) is 1. The third-order valence-corrected chi connectivity index (χ3v) is 5.54. The van der Waals surface area contributed by atoms with Crippen LogP contribution < -0.4 is 15.2 Å². The van der Waals surface area contributed by atoms with E-state index in [9.17, 15) is 0 Å². The molecule has 0 fully saturated rings. The fourth-order valence-corrected chi connectivity index (χ4v) is 3.81. The van der Waals surface area contributed by atoms with Crippen LogP contribution in [0.3, 0.4) is 0 Å². The monoisotopic (exact) mass is 405 g/mol. The number of benzene rings is 1. The molecule has 29 heavy (non-hydrogen) atoms. The lowest BCUT2D eigenvalue weighted by molar-refractivity contribution is 0.284. The molecule has 0 spiro atoms. The van der Waals surface area contributed by atoms with Gasteiger partial charge in [0.05, 0.1) is 13.7 Å². The van der Waals surface area contributed by atoms with Gasteiger partial charge >= 0.3 is 0 Å². The molecule has 168 valence electrons. The second-order valence-corrected chi connectivity index (χ2v) is 8.61. The van der Waals surface area contributed by atoms with Gasteiger partial charge in [0.2, 0.25) is 0 Å². The molecule has 0 aliphatic carbocycles. The summed E-state index contributed by atoms with van der Waals surface area (Å²) >= 11 is 0. The van der Waals surface area contributed by atoms with Gasteiger partial charge in [-0.1, -0.05) is 96.5 Å². The third kappa shape index (κ3) is 13.6. The third-order valence-electron chi connectivity index (χ3n) is 5.54. The molecule has 1 atom stereocenters. The lowest BCUT2D eigenvalue weighted by atomic mass is 10.0. The van der Waals surface area contributed by atoms with Crippen LogP contribution in [0.4, 0.5) is 0 Å². The Bertz CT molecular complexity index is 501. The molecule has 1 unspecified atom stereocenters. The minimum atomic E-state index is 0.155. The van der Waals surface area contributed by atoms with Crippen LogP contribution in [0.5, 0.6) is 11.5 Å². The highest BCUT2D eigenvalue weighted by Gasteiger charge is 2.07. The highest BCUT2D eigenvalue weighted by atomic mass is 16.5. The first-order valence-corrected chi connectivity index (χ1v) is 12.2. The first-order chi connectivity index (χ1) is 14.2. The first kappa shape index (κ1) is 25.8. The van der Waals surface area contributed by atoms with E-state index in [0.717, 1.165) is 30.9 Å². The van der Waals surface area contributed by atoms with Crippen LogP contribution in [0.1, 0.15) is 109 Å². The molecule has 1 aromatic rings. The summed E-state index contributed by atoms with van der Waals surface area (Å²) in [6.07, 6.45) is 20.1. The average Bonchev–Trinajstić information content (AvgIpc) is 2.71. The molecule has 0 aliphatic heterocycles. The summed E-state index contributed by atoms with van der Waals surface area (Å²) in [4.78, 5) is 0. The fraction of sp³-hybridized carbons (Fsp3) is 0.769. The molecule has 0 aromatic heterocycles. The van der Waals surface area contributed by atoms with Crippen molar-refractivity contribution in [2.75, 3.05) is 13.7 Å². The summed E-state index contributed by atoms with van der Waals surface area (Å²) in [6.45, 7) is 5.07. The molecule has 3 nitrogen and oxygen atoms in total. The maximum Gasteiger partial charge on any atom is 0.161 e. The predicted octanol–water partition coefficient (Wildman–Crippen LogP) is 7.45. The Kier molecular flexibility index (Phi) is 15.7. The first-order valence-electron chi connectivity index (χ1n) is 12.2. The van der Waals surface area contributed by atoms with Gasteiger partial charge in [-0.2, -0.15) is 0 Å². The van der Waals surface area contributed by atoms with Crippen LogP contribution in [0.15, 0.2) is 18.2 Å². The molecule has 0 saturated heterocycles. The second-order valence-electron chi connectivity index (χ2n) is 8.61. The van der Waals surface area contributed by atoms with Crippen molar-refractivity contribution < 1.29 is 9.47 Å². The van der Waals surface area contributed by atoms with E-state index in [2.05, 4.69) is 13.0 Å². The van der Waals surface area contributed by atoms with Gasteiger partial charge in [-0.05, 0) is 37.5 Å². The van der Waals surface area contributed by atoms with Crippen LogP contribution in [0.2, 0.25) is 0 Å². The molecule has 0 saturated carbocycles. The van der Waals surface area contributed by atoms with E-state index in [0.29, 0.717) is 0 Å². The quantitative estimate of drug-likeness (QED) is 0.243. The summed E-state index contributed by atoms with van der Waals surface area (Å²) in [5.74, 6) is 1.66. The molecule has 0 heterocycles. The van der Waals surface area contributed by atoms with E-state index < -0.39 is 0 Å². The maximum atomic E-state index is 5.94. The Morgan fingerprint density at radius 3 is 1.76 bits per heavy atom. The Labute approximate surface area is 180 Å². The van der Waals surface area contributed by atoms with Crippen molar-refractivity contribution in [1.82, 2.24) is 0 Å². The molecule has 0 radical (unpaired) electrons. The van der Waals surface area contributed by atoms with E-state index in [-0.39, 0.29) is 6.04 Å². The van der Waals surface area contributed by atoms with E-state index >= 15 is 0 Å². The van der Waals surface area contributed by atoms with Crippen LogP contribution in [-0.4, -0.2) is 19.8 Å². The lowest BCUT2D eigenvalue weighted by Gasteiger charge is -2.13. The Balaban J connectivity index is 1.98. The van der Waals surface area contributed by atoms with Crippen LogP contribution in [0, 0.1) is 0 Å². The molecule has 1 aromatic carbocycles. The number of methoxy groups -OCH3 is 1. The van der Waals surface area contributed by atoms with Crippen molar-refractivity contribution in [3.8, 4) is 11.5 Å². The van der Waals surface area contributed by atoms with E-state index in [4.69, 9.17) is 15.2 Å². The van der Waals surface area contributed by atoms with Gasteiger partial charge in [0, 0.05) is 6.04 Å². The summed E-state index contributed by atoms with van der Waals surface area (Å²) in [7, 11) is 1.70. The summed E-state index contributed by atoms with van der Waals surface area (Å²) in [5.41, 5.74) is 7.08. The lowest BCUT2D eigenvalue weighted by Crippen LogP contribution is -2.17. The predicted molar refractivity (Wildman–Crippen MR) is 126 cm³/mol. The number of nitrogens with two attached hydrogens (primary N) is 1. The van der Waals surface area contributed by atoms with Crippen molar-refractivity contribution in [2.24, 2.45) is 5.73 Å². The summed E-state index contributed by atoms with van der Waals surface area (Å²) in [5, 5.41) is 0. The number of unbranched alkanes of at least 4 members (excludes halogenated alkanes) is 13. The topological polar surface area (TPSA) is 44.5 Å².